The van der Waals surface area contributed by atoms with Gasteiger partial charge in [-0.3, -0.25) is 0 Å². The number of nitrogens with one attached hydrogen (secondary N) is 1. The van der Waals surface area contributed by atoms with Crippen LogP contribution < -0.4 is 4.90 Å². The van der Waals surface area contributed by atoms with Gasteiger partial charge in [-0.25, -0.2) is 4.79 Å². The Kier molecular flexibility index (Phi) is 3.90. The fourth-order valence-corrected chi connectivity index (χ4v) is 2.75. The molecule has 0 spiro atoms. The predicted octanol–water partition coefficient (Wildman–Crippen LogP) is 4.48. The van der Waals surface area contributed by atoms with Gasteiger partial charge in [-0.15, -0.1) is 0 Å². The van der Waals surface area contributed by atoms with Crippen LogP contribution in [-0.4, -0.2) is 25.1 Å². The highest BCUT2D eigenvalue weighted by atomic mass is 79.9. The van der Waals surface area contributed by atoms with Gasteiger partial charge >= 0.3 is 5.97 Å². The number of benzene rings is 2. The van der Waals surface area contributed by atoms with Gasteiger partial charge in [0.1, 0.15) is 11.4 Å². The van der Waals surface area contributed by atoms with E-state index in [9.17, 15) is 4.79 Å². The minimum atomic E-state index is -0.351. The summed E-state index contributed by atoms with van der Waals surface area (Å²) in [5.74, 6) is 0.367. The number of carbonyl (C=O) groups is 1. The standard InChI is InChI=1S/C17H15BrN2O2/c1-20(12-9-7-11(18)8-10-12)16-15(17(21)22-2)13-5-3-4-6-14(13)19-16/h3-10,19H,1-2H3. The molecule has 0 fully saturated rings. The molecule has 0 aliphatic heterocycles. The van der Waals surface area contributed by atoms with Crippen LogP contribution in [0.4, 0.5) is 11.5 Å². The molecule has 0 amide bonds. The molecule has 4 nitrogen and oxygen atoms in total. The van der Waals surface area contributed by atoms with Gasteiger partial charge in [0.2, 0.25) is 0 Å². The largest absolute Gasteiger partial charge is 0.465 e. The summed E-state index contributed by atoms with van der Waals surface area (Å²) in [7, 11) is 3.31. The van der Waals surface area contributed by atoms with Crippen LogP contribution in [0.15, 0.2) is 53.0 Å². The number of esters is 1. The zero-order chi connectivity index (χ0) is 15.7. The van der Waals surface area contributed by atoms with Crippen molar-refractivity contribution in [2.24, 2.45) is 0 Å². The topological polar surface area (TPSA) is 45.3 Å². The van der Waals surface area contributed by atoms with Gasteiger partial charge in [-0.05, 0) is 30.3 Å². The van der Waals surface area contributed by atoms with Crippen molar-refractivity contribution in [3.05, 3.63) is 58.6 Å². The number of aromatic nitrogens is 1. The molecule has 0 saturated heterocycles. The molecular formula is C17H15BrN2O2. The maximum Gasteiger partial charge on any atom is 0.342 e. The third-order valence-corrected chi connectivity index (χ3v) is 4.15. The second-order valence-electron chi connectivity index (χ2n) is 4.92. The smallest absolute Gasteiger partial charge is 0.342 e. The highest BCUT2D eigenvalue weighted by Crippen LogP contribution is 2.33. The van der Waals surface area contributed by atoms with Crippen LogP contribution in [0.2, 0.25) is 0 Å². The fourth-order valence-electron chi connectivity index (χ4n) is 2.48. The fraction of sp³-hybridized carbons (Fsp3) is 0.118. The Bertz CT molecular complexity index is 824. The van der Waals surface area contributed by atoms with E-state index in [1.54, 1.807) is 0 Å². The molecule has 2 aromatic carbocycles. The van der Waals surface area contributed by atoms with Crippen molar-refractivity contribution in [2.75, 3.05) is 19.1 Å². The van der Waals surface area contributed by atoms with E-state index < -0.39 is 0 Å². The molecule has 1 N–H and O–H groups in total. The first-order chi connectivity index (χ1) is 10.6. The molecule has 5 heteroatoms. The Balaban J connectivity index is 2.16. The van der Waals surface area contributed by atoms with Crippen LogP contribution in [0.1, 0.15) is 10.4 Å². The Hall–Kier alpha value is -2.27. The molecule has 112 valence electrons. The molecule has 0 aliphatic carbocycles. The number of carbonyl (C=O) groups excluding carboxylic acids is 1. The van der Waals surface area contributed by atoms with Crippen LogP contribution in [0, 0.1) is 0 Å². The van der Waals surface area contributed by atoms with E-state index >= 15 is 0 Å². The average molecular weight is 359 g/mol. The quantitative estimate of drug-likeness (QED) is 0.701. The number of anilines is 2. The molecule has 3 aromatic rings. The Morgan fingerprint density at radius 2 is 1.82 bits per heavy atom. The first kappa shape index (κ1) is 14.7. The van der Waals surface area contributed by atoms with Gasteiger partial charge in [0, 0.05) is 28.1 Å². The highest BCUT2D eigenvalue weighted by Gasteiger charge is 2.22. The van der Waals surface area contributed by atoms with Crippen LogP contribution in [-0.2, 0) is 4.74 Å². The Labute approximate surface area is 136 Å². The predicted molar refractivity (Wildman–Crippen MR) is 91.8 cm³/mol. The zero-order valence-electron chi connectivity index (χ0n) is 12.3. The van der Waals surface area contributed by atoms with Crippen molar-refractivity contribution in [1.29, 1.82) is 0 Å². The number of fused-ring (bicyclic) bond motifs is 1. The lowest BCUT2D eigenvalue weighted by Crippen LogP contribution is -2.14. The summed E-state index contributed by atoms with van der Waals surface area (Å²) >= 11 is 3.43. The van der Waals surface area contributed by atoms with Gasteiger partial charge in [0.25, 0.3) is 0 Å². The van der Waals surface area contributed by atoms with E-state index in [0.717, 1.165) is 26.9 Å². The molecule has 1 heterocycles. The molecule has 3 rings (SSSR count). The average Bonchev–Trinajstić information content (AvgIpc) is 2.93. The van der Waals surface area contributed by atoms with Crippen molar-refractivity contribution in [3.8, 4) is 0 Å². The number of aromatic amines is 1. The number of H-pyrrole nitrogens is 1. The summed E-state index contributed by atoms with van der Waals surface area (Å²) in [6, 6.07) is 15.6. The summed E-state index contributed by atoms with van der Waals surface area (Å²) in [5, 5.41) is 0.855. The summed E-state index contributed by atoms with van der Waals surface area (Å²) in [6.45, 7) is 0. The third kappa shape index (κ3) is 2.48. The Morgan fingerprint density at radius 1 is 1.14 bits per heavy atom. The maximum absolute atomic E-state index is 12.2. The van der Waals surface area contributed by atoms with Gasteiger partial charge in [0.15, 0.2) is 0 Å². The highest BCUT2D eigenvalue weighted by molar-refractivity contribution is 9.10. The van der Waals surface area contributed by atoms with Gasteiger partial charge in [-0.1, -0.05) is 34.1 Å². The number of hydrogen-bond donors (Lipinski definition) is 1. The molecule has 0 saturated carbocycles. The lowest BCUT2D eigenvalue weighted by atomic mass is 10.1. The summed E-state index contributed by atoms with van der Waals surface area (Å²) < 4.78 is 5.96. The van der Waals surface area contributed by atoms with Gasteiger partial charge in [0.05, 0.1) is 7.11 Å². The second kappa shape index (κ2) is 5.85. The third-order valence-electron chi connectivity index (χ3n) is 3.63. The molecule has 0 bridgehead atoms. The maximum atomic E-state index is 12.2. The van der Waals surface area contributed by atoms with Crippen LogP contribution in [0.3, 0.4) is 0 Å². The van der Waals surface area contributed by atoms with E-state index in [-0.39, 0.29) is 5.97 Å². The molecule has 0 unspecified atom stereocenters. The van der Waals surface area contributed by atoms with Crippen LogP contribution in [0.5, 0.6) is 0 Å². The van der Waals surface area contributed by atoms with E-state index in [1.165, 1.54) is 7.11 Å². The number of halogens is 1. The lowest BCUT2D eigenvalue weighted by Gasteiger charge is -2.19. The van der Waals surface area contributed by atoms with Gasteiger partial charge < -0.3 is 14.6 Å². The van der Waals surface area contributed by atoms with Crippen molar-refractivity contribution in [2.45, 2.75) is 0 Å². The normalized spacial score (nSPS) is 10.7. The lowest BCUT2D eigenvalue weighted by molar-refractivity contribution is 0.0604. The summed E-state index contributed by atoms with van der Waals surface area (Å²) in [4.78, 5) is 17.5. The number of rotatable bonds is 3. The second-order valence-corrected chi connectivity index (χ2v) is 5.84. The number of nitrogens with zero attached hydrogens (tertiary/aromatic N) is 1. The van der Waals surface area contributed by atoms with Crippen LogP contribution >= 0.6 is 15.9 Å². The van der Waals surface area contributed by atoms with Crippen molar-refractivity contribution in [1.82, 2.24) is 4.98 Å². The number of hydrogen-bond acceptors (Lipinski definition) is 3. The molecule has 0 aliphatic rings. The first-order valence-corrected chi connectivity index (χ1v) is 7.59. The minimum absolute atomic E-state index is 0.351. The summed E-state index contributed by atoms with van der Waals surface area (Å²) in [6.07, 6.45) is 0. The molecule has 1 aromatic heterocycles. The first-order valence-electron chi connectivity index (χ1n) is 6.80. The molecule has 0 atom stereocenters. The van der Waals surface area contributed by atoms with E-state index in [0.29, 0.717) is 5.56 Å². The van der Waals surface area contributed by atoms with Crippen molar-refractivity contribution in [3.63, 3.8) is 0 Å². The number of methoxy groups -OCH3 is 1. The molecular weight excluding hydrogens is 344 g/mol. The van der Waals surface area contributed by atoms with Crippen molar-refractivity contribution < 1.29 is 9.53 Å². The van der Waals surface area contributed by atoms with Crippen molar-refractivity contribution >= 4 is 44.3 Å². The zero-order valence-corrected chi connectivity index (χ0v) is 13.8. The summed E-state index contributed by atoms with van der Waals surface area (Å²) in [5.41, 5.74) is 2.42. The van der Waals surface area contributed by atoms with E-state index in [4.69, 9.17) is 4.74 Å². The minimum Gasteiger partial charge on any atom is -0.465 e. The SMILES string of the molecule is COC(=O)c1c(N(C)c2ccc(Br)cc2)[nH]c2ccccc12. The number of para-hydroxylation sites is 1. The monoisotopic (exact) mass is 358 g/mol. The molecule has 0 radical (unpaired) electrons. The number of ether oxygens (including phenoxy) is 1. The van der Waals surface area contributed by atoms with Gasteiger partial charge in [-0.2, -0.15) is 0 Å². The molecule has 22 heavy (non-hydrogen) atoms. The Morgan fingerprint density at radius 3 is 2.50 bits per heavy atom. The van der Waals surface area contributed by atoms with E-state index in [2.05, 4.69) is 20.9 Å². The van der Waals surface area contributed by atoms with Crippen LogP contribution in [0.25, 0.3) is 10.9 Å². The van der Waals surface area contributed by atoms with E-state index in [1.807, 2.05) is 60.5 Å².